The van der Waals surface area contributed by atoms with E-state index < -0.39 is 7.92 Å². The van der Waals surface area contributed by atoms with Crippen molar-refractivity contribution in [1.82, 2.24) is 0 Å². The Labute approximate surface area is 197 Å². The zero-order valence-corrected chi connectivity index (χ0v) is 21.2. The van der Waals surface area contributed by atoms with E-state index in [0.29, 0.717) is 5.66 Å². The van der Waals surface area contributed by atoms with Crippen LogP contribution in [0.15, 0.2) is 84.9 Å². The predicted molar refractivity (Wildman–Crippen MR) is 145 cm³/mol. The summed E-state index contributed by atoms with van der Waals surface area (Å²) in [6, 6.07) is 32.0. The standard InChI is InChI=1S/C30H36P2/c1-24(31(25-18-8-9-19-25)26-20-10-11-21-26)29-22-12-13-23-30(29)32(27-14-4-2-5-15-27)28-16-6-3-7-17-28/h2-7,12-17,22-26H,8-11,18-21H2,1H3/t24-/m1/s1. The van der Waals surface area contributed by atoms with Crippen LogP contribution in [0.2, 0.25) is 0 Å². The van der Waals surface area contributed by atoms with Gasteiger partial charge in [0.15, 0.2) is 0 Å². The van der Waals surface area contributed by atoms with Gasteiger partial charge >= 0.3 is 0 Å². The zero-order chi connectivity index (χ0) is 21.8. The average Bonchev–Trinajstić information content (AvgIpc) is 3.57. The molecule has 1 atom stereocenters. The average molecular weight is 459 g/mol. The molecule has 3 aromatic carbocycles. The van der Waals surface area contributed by atoms with Crippen molar-refractivity contribution in [3.05, 3.63) is 90.5 Å². The summed E-state index contributed by atoms with van der Waals surface area (Å²) in [4.78, 5) is 0. The molecule has 0 unspecified atom stereocenters. The Hall–Kier alpha value is -1.48. The molecule has 32 heavy (non-hydrogen) atoms. The number of rotatable bonds is 7. The molecule has 0 N–H and O–H groups in total. The lowest BCUT2D eigenvalue weighted by Gasteiger charge is -2.37. The highest BCUT2D eigenvalue weighted by molar-refractivity contribution is 7.80. The van der Waals surface area contributed by atoms with Gasteiger partial charge in [-0.15, -0.1) is 0 Å². The van der Waals surface area contributed by atoms with Crippen molar-refractivity contribution in [2.24, 2.45) is 0 Å². The van der Waals surface area contributed by atoms with Crippen LogP contribution in [0.25, 0.3) is 0 Å². The van der Waals surface area contributed by atoms with Crippen LogP contribution in [0.4, 0.5) is 0 Å². The molecule has 2 aliphatic rings. The van der Waals surface area contributed by atoms with Crippen LogP contribution in [-0.2, 0) is 0 Å². The van der Waals surface area contributed by atoms with E-state index >= 15 is 0 Å². The molecule has 0 radical (unpaired) electrons. The van der Waals surface area contributed by atoms with Crippen LogP contribution in [0.1, 0.15) is 69.5 Å². The minimum absolute atomic E-state index is 0.0312. The van der Waals surface area contributed by atoms with Gasteiger partial charge in [0, 0.05) is 5.66 Å². The zero-order valence-electron chi connectivity index (χ0n) is 19.4. The summed E-state index contributed by atoms with van der Waals surface area (Å²) >= 11 is 0. The number of hydrogen-bond acceptors (Lipinski definition) is 0. The van der Waals surface area contributed by atoms with Crippen molar-refractivity contribution < 1.29 is 0 Å². The summed E-state index contributed by atoms with van der Waals surface area (Å²) < 4.78 is 0. The van der Waals surface area contributed by atoms with E-state index in [-0.39, 0.29) is 7.92 Å². The Balaban J connectivity index is 1.58. The molecule has 0 aromatic heterocycles. The molecule has 0 saturated heterocycles. The van der Waals surface area contributed by atoms with Gasteiger partial charge in [0.2, 0.25) is 0 Å². The Morgan fingerprint density at radius 3 is 1.53 bits per heavy atom. The minimum atomic E-state index is -0.538. The molecule has 0 spiro atoms. The van der Waals surface area contributed by atoms with Gasteiger partial charge in [-0.2, -0.15) is 0 Å². The summed E-state index contributed by atoms with van der Waals surface area (Å²) in [6.07, 6.45) is 11.8. The van der Waals surface area contributed by atoms with Crippen LogP contribution in [-0.4, -0.2) is 11.3 Å². The van der Waals surface area contributed by atoms with E-state index in [4.69, 9.17) is 0 Å². The monoisotopic (exact) mass is 458 g/mol. The first-order valence-electron chi connectivity index (χ1n) is 12.6. The van der Waals surface area contributed by atoms with Crippen LogP contribution in [0.5, 0.6) is 0 Å². The summed E-state index contributed by atoms with van der Waals surface area (Å²) in [6.45, 7) is 2.60. The topological polar surface area (TPSA) is 0 Å². The van der Waals surface area contributed by atoms with E-state index in [2.05, 4.69) is 91.9 Å². The summed E-state index contributed by atoms with van der Waals surface area (Å²) in [5, 5.41) is 4.54. The Morgan fingerprint density at radius 2 is 1.03 bits per heavy atom. The fraction of sp³-hybridized carbons (Fsp3) is 0.400. The van der Waals surface area contributed by atoms with Crippen molar-refractivity contribution in [2.75, 3.05) is 0 Å². The number of benzene rings is 3. The first-order chi connectivity index (χ1) is 15.8. The van der Waals surface area contributed by atoms with E-state index in [1.807, 2.05) is 0 Å². The third-order valence-corrected chi connectivity index (χ3v) is 14.0. The van der Waals surface area contributed by atoms with Gasteiger partial charge in [0.25, 0.3) is 0 Å². The molecule has 0 heterocycles. The molecule has 3 aromatic rings. The molecule has 0 amide bonds. The molecular formula is C30H36P2. The first-order valence-corrected chi connectivity index (χ1v) is 15.5. The summed E-state index contributed by atoms with van der Waals surface area (Å²) in [5.41, 5.74) is 4.34. The lowest BCUT2D eigenvalue weighted by Crippen LogP contribution is -2.25. The van der Waals surface area contributed by atoms with E-state index in [9.17, 15) is 0 Å². The largest absolute Gasteiger partial charge is 0.0929 e. The molecule has 0 aliphatic heterocycles. The Kier molecular flexibility index (Phi) is 7.42. The van der Waals surface area contributed by atoms with Gasteiger partial charge in [-0.1, -0.05) is 125 Å². The summed E-state index contributed by atoms with van der Waals surface area (Å²) in [7, 11) is -0.507. The molecule has 5 rings (SSSR count). The summed E-state index contributed by atoms with van der Waals surface area (Å²) in [5.74, 6) is 0. The molecule has 2 fully saturated rings. The van der Waals surface area contributed by atoms with E-state index in [0.717, 1.165) is 11.3 Å². The lowest BCUT2D eigenvalue weighted by atomic mass is 10.2. The maximum atomic E-state index is 2.60. The van der Waals surface area contributed by atoms with Gasteiger partial charge in [-0.25, -0.2) is 0 Å². The van der Waals surface area contributed by atoms with Gasteiger partial charge < -0.3 is 0 Å². The fourth-order valence-electron chi connectivity index (χ4n) is 6.12. The smallest absolute Gasteiger partial charge is 0.00249 e. The molecule has 2 aliphatic carbocycles. The van der Waals surface area contributed by atoms with Crippen molar-refractivity contribution in [2.45, 2.75) is 75.3 Å². The van der Waals surface area contributed by atoms with Gasteiger partial charge in [0.05, 0.1) is 0 Å². The van der Waals surface area contributed by atoms with Crippen molar-refractivity contribution in [3.63, 3.8) is 0 Å². The first kappa shape index (κ1) is 22.3. The SMILES string of the molecule is C[C@H](c1ccccc1P(c1ccccc1)c1ccccc1)P(C1CCCC1)C1CCCC1. The normalized spacial score (nSPS) is 18.6. The van der Waals surface area contributed by atoms with E-state index in [1.54, 1.807) is 10.9 Å². The third-order valence-electron chi connectivity index (χ3n) is 7.60. The van der Waals surface area contributed by atoms with Crippen LogP contribution in [0.3, 0.4) is 0 Å². The molecule has 0 bridgehead atoms. The lowest BCUT2D eigenvalue weighted by molar-refractivity contribution is 0.805. The highest BCUT2D eigenvalue weighted by Crippen LogP contribution is 2.65. The molecule has 166 valence electrons. The van der Waals surface area contributed by atoms with Crippen LogP contribution in [0, 0.1) is 0 Å². The molecule has 2 heteroatoms. The second-order valence-corrected chi connectivity index (χ2v) is 14.9. The highest BCUT2D eigenvalue weighted by Gasteiger charge is 2.37. The van der Waals surface area contributed by atoms with Crippen molar-refractivity contribution >= 4 is 31.8 Å². The Morgan fingerprint density at radius 1 is 0.594 bits per heavy atom. The van der Waals surface area contributed by atoms with E-state index in [1.165, 1.54) is 62.0 Å². The van der Waals surface area contributed by atoms with Crippen molar-refractivity contribution in [1.29, 1.82) is 0 Å². The molecule has 2 saturated carbocycles. The predicted octanol–water partition coefficient (Wildman–Crippen LogP) is 7.87. The van der Waals surface area contributed by atoms with Crippen LogP contribution < -0.4 is 15.9 Å². The quantitative estimate of drug-likeness (QED) is 0.316. The number of hydrogen-bond donors (Lipinski definition) is 0. The van der Waals surface area contributed by atoms with Gasteiger partial charge in [-0.05, 0) is 66.4 Å². The molecular weight excluding hydrogens is 422 g/mol. The van der Waals surface area contributed by atoms with Gasteiger partial charge in [0.1, 0.15) is 0 Å². The third kappa shape index (κ3) is 4.74. The fourth-order valence-corrected chi connectivity index (χ4v) is 13.1. The maximum absolute atomic E-state index is 2.60. The minimum Gasteiger partial charge on any atom is -0.0929 e. The Bertz CT molecular complexity index is 916. The molecule has 0 nitrogen and oxygen atoms in total. The van der Waals surface area contributed by atoms with Crippen LogP contribution >= 0.6 is 15.8 Å². The second kappa shape index (κ2) is 10.6. The van der Waals surface area contributed by atoms with Gasteiger partial charge in [-0.3, -0.25) is 0 Å². The second-order valence-electron chi connectivity index (χ2n) is 9.57. The highest BCUT2D eigenvalue weighted by atomic mass is 31.1. The van der Waals surface area contributed by atoms with Crippen molar-refractivity contribution in [3.8, 4) is 0 Å². The maximum Gasteiger partial charge on any atom is 0.00249 e.